The number of nitrogens with zero attached hydrogens (tertiary/aromatic N) is 2. The quantitative estimate of drug-likeness (QED) is 0.488. The van der Waals surface area contributed by atoms with E-state index < -0.39 is 17.7 Å². The molecule has 0 saturated heterocycles. The van der Waals surface area contributed by atoms with Gasteiger partial charge in [-0.1, -0.05) is 19.8 Å². The van der Waals surface area contributed by atoms with Gasteiger partial charge in [-0.2, -0.15) is 9.97 Å². The lowest BCUT2D eigenvalue weighted by molar-refractivity contribution is -0.124. The molecule has 1 atom stereocenters. The first-order chi connectivity index (χ1) is 10.9. The van der Waals surface area contributed by atoms with Crippen molar-refractivity contribution in [3.05, 3.63) is 23.2 Å². The van der Waals surface area contributed by atoms with Crippen molar-refractivity contribution in [2.75, 3.05) is 0 Å². The van der Waals surface area contributed by atoms with Gasteiger partial charge in [-0.3, -0.25) is 10.2 Å². The molecule has 1 aliphatic rings. The molecule has 0 amide bonds. The SMILES string of the molecule is CCC/C(C(=N)c1nc(O)cc(O)n1)=C(/O)[C@H]1CCCCC1=O. The third-order valence-electron chi connectivity index (χ3n) is 3.92. The Balaban J connectivity index is 2.41. The standard InChI is InChI=1S/C16H21N3O4/c1-2-5-10(15(23)9-6-3-4-7-11(9)20)14(17)16-18-12(21)8-13(22)19-16/h8-9,17,23H,2-7H2,1H3,(H2,18,19,21,22)/b15-10-,17-14?/t9-/m0/s1. The second kappa shape index (κ2) is 7.21. The maximum absolute atomic E-state index is 12.0. The Bertz CT molecular complexity index is 634. The van der Waals surface area contributed by atoms with Gasteiger partial charge in [0.05, 0.1) is 12.0 Å². The normalized spacial score (nSPS) is 19.3. The Morgan fingerprint density at radius 2 is 1.96 bits per heavy atom. The van der Waals surface area contributed by atoms with E-state index in [0.717, 1.165) is 18.9 Å². The number of Topliss-reactive ketones (excluding diaryl/α,β-unsaturated/α-hetero) is 1. The van der Waals surface area contributed by atoms with E-state index in [4.69, 9.17) is 5.41 Å². The van der Waals surface area contributed by atoms with E-state index in [2.05, 4.69) is 9.97 Å². The van der Waals surface area contributed by atoms with Crippen molar-refractivity contribution in [2.24, 2.45) is 5.92 Å². The van der Waals surface area contributed by atoms with Crippen LogP contribution in [0.15, 0.2) is 17.4 Å². The highest BCUT2D eigenvalue weighted by molar-refractivity contribution is 6.09. The van der Waals surface area contributed by atoms with Crippen molar-refractivity contribution in [2.45, 2.75) is 45.4 Å². The van der Waals surface area contributed by atoms with E-state index in [9.17, 15) is 20.1 Å². The fraction of sp³-hybridized carbons (Fsp3) is 0.500. The van der Waals surface area contributed by atoms with Crippen molar-refractivity contribution in [3.63, 3.8) is 0 Å². The molecule has 1 saturated carbocycles. The van der Waals surface area contributed by atoms with Gasteiger partial charge in [0.25, 0.3) is 0 Å². The van der Waals surface area contributed by atoms with E-state index in [0.29, 0.717) is 25.7 Å². The summed E-state index contributed by atoms with van der Waals surface area (Å²) in [5.41, 5.74) is 0.103. The van der Waals surface area contributed by atoms with Gasteiger partial charge in [0.2, 0.25) is 11.8 Å². The van der Waals surface area contributed by atoms with Gasteiger partial charge >= 0.3 is 0 Å². The Morgan fingerprint density at radius 3 is 2.52 bits per heavy atom. The van der Waals surface area contributed by atoms with E-state index in [-0.39, 0.29) is 28.7 Å². The fourth-order valence-electron chi connectivity index (χ4n) is 2.78. The van der Waals surface area contributed by atoms with Crippen LogP contribution in [0.5, 0.6) is 11.8 Å². The molecule has 0 unspecified atom stereocenters. The summed E-state index contributed by atoms with van der Waals surface area (Å²) in [5, 5.41) is 37.7. The number of carbonyl (C=O) groups excluding carboxylic acids is 1. The third kappa shape index (κ3) is 3.85. The highest BCUT2D eigenvalue weighted by Crippen LogP contribution is 2.30. The van der Waals surface area contributed by atoms with Gasteiger partial charge in [0.15, 0.2) is 5.82 Å². The summed E-state index contributed by atoms with van der Waals surface area (Å²) in [6.45, 7) is 1.89. The first-order valence-electron chi connectivity index (χ1n) is 7.75. The Labute approximate surface area is 134 Å². The molecule has 1 aromatic rings. The molecule has 7 nitrogen and oxygen atoms in total. The number of rotatable bonds is 5. The van der Waals surface area contributed by atoms with E-state index >= 15 is 0 Å². The molecule has 4 N–H and O–H groups in total. The van der Waals surface area contributed by atoms with Gasteiger partial charge in [-0.25, -0.2) is 0 Å². The number of hydrogen-bond donors (Lipinski definition) is 4. The molecule has 1 fully saturated rings. The molecule has 1 aliphatic carbocycles. The molecule has 0 radical (unpaired) electrons. The zero-order chi connectivity index (χ0) is 17.0. The molecule has 0 aromatic carbocycles. The van der Waals surface area contributed by atoms with Crippen LogP contribution in [-0.2, 0) is 4.79 Å². The minimum atomic E-state index is -0.587. The summed E-state index contributed by atoms with van der Waals surface area (Å²) in [6.07, 6.45) is 3.73. The van der Waals surface area contributed by atoms with Crippen LogP contribution in [0.25, 0.3) is 0 Å². The number of aromatic nitrogens is 2. The van der Waals surface area contributed by atoms with Crippen LogP contribution in [0.4, 0.5) is 0 Å². The van der Waals surface area contributed by atoms with Crippen LogP contribution in [0.3, 0.4) is 0 Å². The molecule has 0 aliphatic heterocycles. The summed E-state index contributed by atoms with van der Waals surface area (Å²) >= 11 is 0. The lowest BCUT2D eigenvalue weighted by atomic mass is 9.83. The zero-order valence-electron chi connectivity index (χ0n) is 13.0. The molecule has 0 bridgehead atoms. The predicted molar refractivity (Wildman–Crippen MR) is 83.7 cm³/mol. The van der Waals surface area contributed by atoms with Gasteiger partial charge in [-0.05, 0) is 19.3 Å². The van der Waals surface area contributed by atoms with E-state index in [1.807, 2.05) is 6.92 Å². The van der Waals surface area contributed by atoms with Crippen LogP contribution in [-0.4, -0.2) is 36.8 Å². The average Bonchev–Trinajstić information content (AvgIpc) is 2.51. The summed E-state index contributed by atoms with van der Waals surface area (Å²) < 4.78 is 0. The maximum atomic E-state index is 12.0. The Hall–Kier alpha value is -2.44. The lowest BCUT2D eigenvalue weighted by Crippen LogP contribution is -2.24. The number of ketones is 1. The van der Waals surface area contributed by atoms with E-state index in [1.165, 1.54) is 0 Å². The van der Waals surface area contributed by atoms with Gasteiger partial charge in [0.1, 0.15) is 17.3 Å². The molecule has 23 heavy (non-hydrogen) atoms. The highest BCUT2D eigenvalue weighted by atomic mass is 16.3. The lowest BCUT2D eigenvalue weighted by Gasteiger charge is -2.22. The largest absolute Gasteiger partial charge is 0.511 e. The minimum Gasteiger partial charge on any atom is -0.511 e. The number of aliphatic hydroxyl groups excluding tert-OH is 1. The van der Waals surface area contributed by atoms with Crippen molar-refractivity contribution in [1.82, 2.24) is 9.97 Å². The summed E-state index contributed by atoms with van der Waals surface area (Å²) in [4.78, 5) is 19.5. The minimum absolute atomic E-state index is 0.0187. The Kier molecular flexibility index (Phi) is 5.31. The number of aromatic hydroxyl groups is 2. The van der Waals surface area contributed by atoms with Gasteiger partial charge in [0, 0.05) is 12.0 Å². The van der Waals surface area contributed by atoms with Crippen molar-refractivity contribution in [3.8, 4) is 11.8 Å². The third-order valence-corrected chi connectivity index (χ3v) is 3.92. The second-order valence-electron chi connectivity index (χ2n) is 5.66. The van der Waals surface area contributed by atoms with Crippen LogP contribution < -0.4 is 0 Å². The molecular formula is C16H21N3O4. The Morgan fingerprint density at radius 1 is 1.30 bits per heavy atom. The van der Waals surface area contributed by atoms with Crippen LogP contribution in [0.2, 0.25) is 0 Å². The van der Waals surface area contributed by atoms with Crippen molar-refractivity contribution >= 4 is 11.5 Å². The monoisotopic (exact) mass is 319 g/mol. The summed E-state index contributed by atoms with van der Waals surface area (Å²) in [5.74, 6) is -1.80. The summed E-state index contributed by atoms with van der Waals surface area (Å²) in [7, 11) is 0. The number of carbonyl (C=O) groups is 1. The fourth-order valence-corrected chi connectivity index (χ4v) is 2.78. The predicted octanol–water partition coefficient (Wildman–Crippen LogP) is 2.63. The number of allylic oxidation sites excluding steroid dienone is 2. The van der Waals surface area contributed by atoms with Crippen LogP contribution >= 0.6 is 0 Å². The summed E-state index contributed by atoms with van der Waals surface area (Å²) in [6, 6.07) is 0.963. The van der Waals surface area contributed by atoms with Crippen molar-refractivity contribution in [1.29, 1.82) is 5.41 Å². The van der Waals surface area contributed by atoms with Crippen LogP contribution in [0.1, 0.15) is 51.3 Å². The molecule has 1 aromatic heterocycles. The molecule has 124 valence electrons. The topological polar surface area (TPSA) is 127 Å². The first kappa shape index (κ1) is 16.9. The second-order valence-corrected chi connectivity index (χ2v) is 5.66. The molecule has 1 heterocycles. The van der Waals surface area contributed by atoms with Crippen LogP contribution in [0, 0.1) is 11.3 Å². The smallest absolute Gasteiger partial charge is 0.218 e. The highest BCUT2D eigenvalue weighted by Gasteiger charge is 2.29. The molecule has 2 rings (SSSR count). The molecule has 7 heteroatoms. The van der Waals surface area contributed by atoms with E-state index in [1.54, 1.807) is 0 Å². The number of aliphatic hydroxyl groups is 1. The van der Waals surface area contributed by atoms with Crippen molar-refractivity contribution < 1.29 is 20.1 Å². The number of nitrogens with one attached hydrogen (secondary N) is 1. The maximum Gasteiger partial charge on any atom is 0.218 e. The van der Waals surface area contributed by atoms with Gasteiger partial charge < -0.3 is 15.3 Å². The first-order valence-corrected chi connectivity index (χ1v) is 7.75. The molecular weight excluding hydrogens is 298 g/mol. The zero-order valence-corrected chi connectivity index (χ0v) is 13.0. The molecule has 0 spiro atoms. The average molecular weight is 319 g/mol. The van der Waals surface area contributed by atoms with Gasteiger partial charge in [-0.15, -0.1) is 0 Å². The number of hydrogen-bond acceptors (Lipinski definition) is 7.